The van der Waals surface area contributed by atoms with Crippen LogP contribution in [0.4, 0.5) is 0 Å². The first-order valence-electron chi connectivity index (χ1n) is 6.11. The van der Waals surface area contributed by atoms with E-state index in [4.69, 9.17) is 4.74 Å². The molecule has 1 heterocycles. The van der Waals surface area contributed by atoms with E-state index < -0.39 is 0 Å². The summed E-state index contributed by atoms with van der Waals surface area (Å²) in [5.74, 6) is 0.833. The molecule has 0 saturated heterocycles. The highest BCUT2D eigenvalue weighted by Gasteiger charge is 2.00. The van der Waals surface area contributed by atoms with E-state index in [9.17, 15) is 0 Å². The lowest BCUT2D eigenvalue weighted by Crippen LogP contribution is -2.38. The van der Waals surface area contributed by atoms with Gasteiger partial charge in [-0.05, 0) is 13.3 Å². The Hall–Kier alpha value is -1.14. The van der Waals surface area contributed by atoms with Crippen LogP contribution in [0.15, 0.2) is 11.2 Å². The van der Waals surface area contributed by atoms with E-state index in [1.807, 2.05) is 6.20 Å². The average Bonchev–Trinajstić information content (AvgIpc) is 2.78. The minimum Gasteiger partial charge on any atom is -0.385 e. The fourth-order valence-electron chi connectivity index (χ4n) is 1.45. The highest BCUT2D eigenvalue weighted by molar-refractivity contribution is 7.11. The molecule has 0 bridgehead atoms. The summed E-state index contributed by atoms with van der Waals surface area (Å²) in [7, 11) is 3.49. The number of nitrogens with zero attached hydrogens (tertiary/aromatic N) is 2. The summed E-state index contributed by atoms with van der Waals surface area (Å²) < 4.78 is 4.99. The topological polar surface area (TPSA) is 58.5 Å². The van der Waals surface area contributed by atoms with Gasteiger partial charge in [0.05, 0.1) is 5.01 Å². The molecule has 0 spiro atoms. The van der Waals surface area contributed by atoms with Gasteiger partial charge in [0, 0.05) is 51.3 Å². The fourth-order valence-corrected chi connectivity index (χ4v) is 2.24. The van der Waals surface area contributed by atoms with Gasteiger partial charge in [0.15, 0.2) is 5.96 Å². The predicted octanol–water partition coefficient (Wildman–Crippen LogP) is 1.20. The van der Waals surface area contributed by atoms with Gasteiger partial charge in [0.25, 0.3) is 0 Å². The summed E-state index contributed by atoms with van der Waals surface area (Å²) in [4.78, 5) is 9.74. The number of aryl methyl sites for hydroxylation is 1. The Bertz CT molecular complexity index is 365. The number of hydrogen-bond acceptors (Lipinski definition) is 4. The quantitative estimate of drug-likeness (QED) is 0.444. The van der Waals surface area contributed by atoms with Gasteiger partial charge in [-0.2, -0.15) is 0 Å². The number of nitrogens with one attached hydrogen (secondary N) is 2. The fraction of sp³-hybridized carbons (Fsp3) is 0.667. The van der Waals surface area contributed by atoms with E-state index in [1.54, 1.807) is 25.5 Å². The summed E-state index contributed by atoms with van der Waals surface area (Å²) in [6.45, 7) is 4.55. The number of thiazole rings is 1. The Morgan fingerprint density at radius 3 is 2.83 bits per heavy atom. The summed E-state index contributed by atoms with van der Waals surface area (Å²) in [6, 6.07) is 0. The largest absolute Gasteiger partial charge is 0.385 e. The molecular weight excluding hydrogens is 248 g/mol. The lowest BCUT2D eigenvalue weighted by atomic mass is 10.4. The number of ether oxygens (including phenoxy) is 1. The molecule has 102 valence electrons. The van der Waals surface area contributed by atoms with Crippen LogP contribution >= 0.6 is 11.3 Å². The number of hydrogen-bond donors (Lipinski definition) is 2. The first-order valence-corrected chi connectivity index (χ1v) is 6.92. The van der Waals surface area contributed by atoms with Crippen LogP contribution in [-0.2, 0) is 11.2 Å². The summed E-state index contributed by atoms with van der Waals surface area (Å²) in [5, 5.41) is 7.67. The van der Waals surface area contributed by atoms with Gasteiger partial charge in [-0.1, -0.05) is 0 Å². The maximum absolute atomic E-state index is 4.99. The third-order valence-corrected chi connectivity index (χ3v) is 3.31. The van der Waals surface area contributed by atoms with Gasteiger partial charge in [0.2, 0.25) is 0 Å². The zero-order chi connectivity index (χ0) is 13.2. The van der Waals surface area contributed by atoms with Gasteiger partial charge >= 0.3 is 0 Å². The molecule has 0 aliphatic rings. The lowest BCUT2D eigenvalue weighted by molar-refractivity contribution is 0.195. The number of rotatable bonds is 7. The first kappa shape index (κ1) is 14.9. The Morgan fingerprint density at radius 2 is 2.22 bits per heavy atom. The van der Waals surface area contributed by atoms with E-state index in [-0.39, 0.29) is 0 Å². The molecule has 0 aliphatic carbocycles. The second-order valence-electron chi connectivity index (χ2n) is 3.89. The number of methoxy groups -OCH3 is 1. The molecule has 2 N–H and O–H groups in total. The summed E-state index contributed by atoms with van der Waals surface area (Å²) in [6.07, 6.45) is 3.82. The first-order chi connectivity index (χ1) is 8.76. The van der Waals surface area contributed by atoms with Crippen molar-refractivity contribution in [1.82, 2.24) is 15.6 Å². The molecule has 1 rings (SSSR count). The van der Waals surface area contributed by atoms with Crippen molar-refractivity contribution in [2.24, 2.45) is 4.99 Å². The minimum absolute atomic E-state index is 0.766. The maximum Gasteiger partial charge on any atom is 0.190 e. The Kier molecular flexibility index (Phi) is 7.36. The van der Waals surface area contributed by atoms with Crippen LogP contribution in [-0.4, -0.2) is 44.8 Å². The number of aromatic nitrogens is 1. The van der Waals surface area contributed by atoms with Crippen LogP contribution in [0.1, 0.15) is 16.3 Å². The molecule has 1 aromatic rings. The predicted molar refractivity (Wildman–Crippen MR) is 76.4 cm³/mol. The standard InChI is InChI=1S/C12H22N4OS/c1-10-9-16-11(18-10)5-7-15-12(13-2)14-6-4-8-17-3/h9H,4-8H2,1-3H3,(H2,13,14,15). The maximum atomic E-state index is 4.99. The Morgan fingerprint density at radius 1 is 1.44 bits per heavy atom. The van der Waals surface area contributed by atoms with Crippen molar-refractivity contribution in [3.05, 3.63) is 16.1 Å². The van der Waals surface area contributed by atoms with Gasteiger partial charge < -0.3 is 15.4 Å². The van der Waals surface area contributed by atoms with Crippen LogP contribution in [0.2, 0.25) is 0 Å². The van der Waals surface area contributed by atoms with Gasteiger partial charge in [-0.15, -0.1) is 11.3 Å². The van der Waals surface area contributed by atoms with E-state index in [0.29, 0.717) is 0 Å². The van der Waals surface area contributed by atoms with Crippen LogP contribution in [0.5, 0.6) is 0 Å². The van der Waals surface area contributed by atoms with Crippen LogP contribution < -0.4 is 10.6 Å². The smallest absolute Gasteiger partial charge is 0.190 e. The van der Waals surface area contributed by atoms with Crippen molar-refractivity contribution in [2.75, 3.05) is 33.9 Å². The normalized spacial score (nSPS) is 11.6. The van der Waals surface area contributed by atoms with E-state index in [1.165, 1.54) is 4.88 Å². The Balaban J connectivity index is 2.15. The number of guanidine groups is 1. The molecule has 0 aliphatic heterocycles. The van der Waals surface area contributed by atoms with E-state index in [0.717, 1.165) is 43.5 Å². The Labute approximate surface area is 113 Å². The second-order valence-corrected chi connectivity index (χ2v) is 5.21. The third kappa shape index (κ3) is 5.97. The zero-order valence-electron chi connectivity index (χ0n) is 11.3. The van der Waals surface area contributed by atoms with E-state index in [2.05, 4.69) is 27.5 Å². The van der Waals surface area contributed by atoms with Crippen molar-refractivity contribution in [1.29, 1.82) is 0 Å². The van der Waals surface area contributed by atoms with Crippen LogP contribution in [0.25, 0.3) is 0 Å². The van der Waals surface area contributed by atoms with Crippen LogP contribution in [0.3, 0.4) is 0 Å². The second kappa shape index (κ2) is 8.88. The molecule has 0 amide bonds. The highest BCUT2D eigenvalue weighted by Crippen LogP contribution is 2.10. The SMILES string of the molecule is CN=C(NCCCOC)NCCc1ncc(C)s1. The lowest BCUT2D eigenvalue weighted by Gasteiger charge is -2.10. The third-order valence-electron chi connectivity index (χ3n) is 2.34. The molecule has 18 heavy (non-hydrogen) atoms. The highest BCUT2D eigenvalue weighted by atomic mass is 32.1. The molecule has 0 fully saturated rings. The molecular formula is C12H22N4OS. The van der Waals surface area contributed by atoms with Crippen molar-refractivity contribution in [2.45, 2.75) is 19.8 Å². The summed E-state index contributed by atoms with van der Waals surface area (Å²) >= 11 is 1.74. The monoisotopic (exact) mass is 270 g/mol. The molecule has 0 aromatic carbocycles. The number of aliphatic imine (C=N–C) groups is 1. The van der Waals surface area contributed by atoms with Crippen molar-refractivity contribution >= 4 is 17.3 Å². The molecule has 6 heteroatoms. The average molecular weight is 270 g/mol. The van der Waals surface area contributed by atoms with Crippen molar-refractivity contribution in [3.63, 3.8) is 0 Å². The molecule has 0 atom stereocenters. The minimum atomic E-state index is 0.766. The van der Waals surface area contributed by atoms with E-state index >= 15 is 0 Å². The van der Waals surface area contributed by atoms with Crippen molar-refractivity contribution in [3.8, 4) is 0 Å². The zero-order valence-corrected chi connectivity index (χ0v) is 12.1. The van der Waals surface area contributed by atoms with Gasteiger partial charge in [0.1, 0.15) is 0 Å². The molecule has 0 saturated carbocycles. The van der Waals surface area contributed by atoms with Gasteiger partial charge in [-0.3, -0.25) is 4.99 Å². The van der Waals surface area contributed by atoms with Crippen molar-refractivity contribution < 1.29 is 4.74 Å². The van der Waals surface area contributed by atoms with Crippen LogP contribution in [0, 0.1) is 6.92 Å². The molecule has 0 radical (unpaired) electrons. The summed E-state index contributed by atoms with van der Waals surface area (Å²) in [5.41, 5.74) is 0. The molecule has 5 nitrogen and oxygen atoms in total. The molecule has 1 aromatic heterocycles. The molecule has 0 unspecified atom stereocenters. The van der Waals surface area contributed by atoms with Gasteiger partial charge in [-0.25, -0.2) is 4.98 Å².